The number of nitrogens with zero attached hydrogens (tertiary/aromatic N) is 2. The summed E-state index contributed by atoms with van der Waals surface area (Å²) in [7, 11) is 0. The molecule has 1 aromatic heterocycles. The second-order valence-corrected chi connectivity index (χ2v) is 4.50. The van der Waals surface area contributed by atoms with E-state index in [4.69, 9.17) is 0 Å². The summed E-state index contributed by atoms with van der Waals surface area (Å²) in [6.45, 7) is 4.86. The van der Waals surface area contributed by atoms with Crippen LogP contribution in [0.2, 0.25) is 0 Å². The predicted octanol–water partition coefficient (Wildman–Crippen LogP) is 2.86. The van der Waals surface area contributed by atoms with Gasteiger partial charge in [0, 0.05) is 24.6 Å². The summed E-state index contributed by atoms with van der Waals surface area (Å²) in [5, 5.41) is 5.96. The Balaban J connectivity index is 2.21. The molecule has 0 atom stereocenters. The molecular weight excluding hydrogens is 252 g/mol. The van der Waals surface area contributed by atoms with Crippen LogP contribution in [0.25, 0.3) is 0 Å². The molecular formula is C15H18N4O. The first-order valence-electron chi connectivity index (χ1n) is 6.63. The minimum absolute atomic E-state index is 0.210. The predicted molar refractivity (Wildman–Crippen MR) is 79.9 cm³/mol. The number of hydrogen-bond donors (Lipinski definition) is 2. The number of hydrogen-bond acceptors (Lipinski definition) is 4. The molecule has 0 aliphatic heterocycles. The summed E-state index contributed by atoms with van der Waals surface area (Å²) < 4.78 is 0. The van der Waals surface area contributed by atoms with E-state index in [1.54, 1.807) is 18.5 Å². The van der Waals surface area contributed by atoms with Gasteiger partial charge in [-0.1, -0.05) is 18.6 Å². The lowest BCUT2D eigenvalue weighted by molar-refractivity contribution is 0.102. The quantitative estimate of drug-likeness (QED) is 0.876. The van der Waals surface area contributed by atoms with Gasteiger partial charge in [0.2, 0.25) is 5.95 Å². The molecule has 0 saturated heterocycles. The first-order chi connectivity index (χ1) is 9.70. The molecule has 1 heterocycles. The van der Waals surface area contributed by atoms with Gasteiger partial charge in [0.25, 0.3) is 5.91 Å². The first-order valence-corrected chi connectivity index (χ1v) is 6.63. The SMILES string of the molecule is CCCNc1ccc(C)cc1C(=O)Nc1ncccn1. The smallest absolute Gasteiger partial charge is 0.260 e. The zero-order valence-corrected chi connectivity index (χ0v) is 11.7. The Morgan fingerprint density at radius 3 is 2.70 bits per heavy atom. The number of rotatable bonds is 5. The van der Waals surface area contributed by atoms with Gasteiger partial charge in [-0.25, -0.2) is 9.97 Å². The van der Waals surface area contributed by atoms with E-state index in [-0.39, 0.29) is 5.91 Å². The Kier molecular flexibility index (Phi) is 4.65. The van der Waals surface area contributed by atoms with Crippen molar-refractivity contribution in [3.8, 4) is 0 Å². The summed E-state index contributed by atoms with van der Waals surface area (Å²) in [6.07, 6.45) is 4.18. The van der Waals surface area contributed by atoms with Crippen molar-refractivity contribution in [2.45, 2.75) is 20.3 Å². The number of amides is 1. The lowest BCUT2D eigenvalue weighted by Gasteiger charge is -2.12. The highest BCUT2D eigenvalue weighted by Crippen LogP contribution is 2.18. The molecule has 2 rings (SSSR count). The number of carbonyl (C=O) groups excluding carboxylic acids is 1. The van der Waals surface area contributed by atoms with Gasteiger partial charge in [-0.2, -0.15) is 0 Å². The standard InChI is InChI=1S/C15H18N4O/c1-3-7-16-13-6-5-11(2)10-12(13)14(20)19-15-17-8-4-9-18-15/h4-6,8-10,16H,3,7H2,1-2H3,(H,17,18,19,20). The fourth-order valence-electron chi connectivity index (χ4n) is 1.79. The molecule has 0 aliphatic rings. The number of carbonyl (C=O) groups is 1. The third kappa shape index (κ3) is 3.54. The molecule has 1 aromatic carbocycles. The Morgan fingerprint density at radius 1 is 1.25 bits per heavy atom. The summed E-state index contributed by atoms with van der Waals surface area (Å²) in [5.74, 6) is 0.0963. The largest absolute Gasteiger partial charge is 0.384 e. The topological polar surface area (TPSA) is 66.9 Å². The first kappa shape index (κ1) is 14.0. The lowest BCUT2D eigenvalue weighted by atomic mass is 10.1. The van der Waals surface area contributed by atoms with Crippen molar-refractivity contribution >= 4 is 17.5 Å². The second-order valence-electron chi connectivity index (χ2n) is 4.50. The van der Waals surface area contributed by atoms with Crippen LogP contribution in [0.5, 0.6) is 0 Å². The number of nitrogens with one attached hydrogen (secondary N) is 2. The van der Waals surface area contributed by atoms with Gasteiger partial charge < -0.3 is 5.32 Å². The summed E-state index contributed by atoms with van der Waals surface area (Å²) in [4.78, 5) is 20.3. The van der Waals surface area contributed by atoms with Gasteiger partial charge in [-0.15, -0.1) is 0 Å². The van der Waals surface area contributed by atoms with Crippen LogP contribution in [0, 0.1) is 6.92 Å². The van der Waals surface area contributed by atoms with Crippen molar-refractivity contribution in [3.05, 3.63) is 47.8 Å². The van der Waals surface area contributed by atoms with Crippen LogP contribution in [-0.4, -0.2) is 22.4 Å². The number of aromatic nitrogens is 2. The minimum Gasteiger partial charge on any atom is -0.384 e. The fraction of sp³-hybridized carbons (Fsp3) is 0.267. The Bertz CT molecular complexity index is 584. The molecule has 2 aromatic rings. The van der Waals surface area contributed by atoms with Gasteiger partial charge in [0.1, 0.15) is 0 Å². The van der Waals surface area contributed by atoms with Crippen molar-refractivity contribution in [2.24, 2.45) is 0 Å². The van der Waals surface area contributed by atoms with E-state index in [1.165, 1.54) is 0 Å². The summed E-state index contributed by atoms with van der Waals surface area (Å²) in [5.41, 5.74) is 2.46. The van der Waals surface area contributed by atoms with Gasteiger partial charge >= 0.3 is 0 Å². The molecule has 0 saturated carbocycles. The average Bonchev–Trinajstić information content (AvgIpc) is 2.47. The van der Waals surface area contributed by atoms with Crippen LogP contribution in [0.4, 0.5) is 11.6 Å². The van der Waals surface area contributed by atoms with Gasteiger partial charge in [-0.3, -0.25) is 10.1 Å². The van der Waals surface area contributed by atoms with Crippen molar-refractivity contribution in [1.82, 2.24) is 9.97 Å². The molecule has 0 bridgehead atoms. The zero-order valence-electron chi connectivity index (χ0n) is 11.7. The molecule has 0 unspecified atom stereocenters. The van der Waals surface area contributed by atoms with E-state index >= 15 is 0 Å². The number of aryl methyl sites for hydroxylation is 1. The van der Waals surface area contributed by atoms with Crippen molar-refractivity contribution < 1.29 is 4.79 Å². The van der Waals surface area contributed by atoms with Gasteiger partial charge in [0.05, 0.1) is 5.56 Å². The van der Waals surface area contributed by atoms with Crippen LogP contribution in [-0.2, 0) is 0 Å². The molecule has 1 amide bonds. The maximum absolute atomic E-state index is 12.3. The van der Waals surface area contributed by atoms with E-state index < -0.39 is 0 Å². The number of benzene rings is 1. The molecule has 2 N–H and O–H groups in total. The zero-order chi connectivity index (χ0) is 14.4. The van der Waals surface area contributed by atoms with Gasteiger partial charge in [0.15, 0.2) is 0 Å². The molecule has 20 heavy (non-hydrogen) atoms. The Labute approximate surface area is 118 Å². The molecule has 104 valence electrons. The molecule has 0 radical (unpaired) electrons. The van der Waals surface area contributed by atoms with Crippen LogP contribution < -0.4 is 10.6 Å². The van der Waals surface area contributed by atoms with Crippen molar-refractivity contribution in [1.29, 1.82) is 0 Å². The normalized spacial score (nSPS) is 10.1. The highest BCUT2D eigenvalue weighted by atomic mass is 16.1. The highest BCUT2D eigenvalue weighted by Gasteiger charge is 2.12. The lowest BCUT2D eigenvalue weighted by Crippen LogP contribution is -2.16. The highest BCUT2D eigenvalue weighted by molar-refractivity contribution is 6.07. The fourth-order valence-corrected chi connectivity index (χ4v) is 1.79. The van der Waals surface area contributed by atoms with E-state index in [1.807, 2.05) is 25.1 Å². The third-order valence-electron chi connectivity index (χ3n) is 2.78. The monoisotopic (exact) mass is 270 g/mol. The summed E-state index contributed by atoms with van der Waals surface area (Å²) >= 11 is 0. The molecule has 0 aliphatic carbocycles. The van der Waals surface area contributed by atoms with E-state index in [0.29, 0.717) is 11.5 Å². The van der Waals surface area contributed by atoms with Crippen molar-refractivity contribution in [3.63, 3.8) is 0 Å². The Hall–Kier alpha value is -2.43. The van der Waals surface area contributed by atoms with Crippen LogP contribution in [0.3, 0.4) is 0 Å². The molecule has 5 heteroatoms. The van der Waals surface area contributed by atoms with Crippen LogP contribution >= 0.6 is 0 Å². The third-order valence-corrected chi connectivity index (χ3v) is 2.78. The van der Waals surface area contributed by atoms with E-state index in [2.05, 4.69) is 27.5 Å². The van der Waals surface area contributed by atoms with Crippen LogP contribution in [0.15, 0.2) is 36.7 Å². The van der Waals surface area contributed by atoms with E-state index in [0.717, 1.165) is 24.2 Å². The summed E-state index contributed by atoms with van der Waals surface area (Å²) in [6, 6.07) is 7.46. The van der Waals surface area contributed by atoms with Crippen molar-refractivity contribution in [2.75, 3.05) is 17.2 Å². The second kappa shape index (κ2) is 6.65. The minimum atomic E-state index is -0.210. The number of anilines is 2. The average molecular weight is 270 g/mol. The van der Waals surface area contributed by atoms with Gasteiger partial charge in [-0.05, 0) is 31.5 Å². The molecule has 0 fully saturated rings. The van der Waals surface area contributed by atoms with Crippen LogP contribution in [0.1, 0.15) is 29.3 Å². The molecule has 0 spiro atoms. The maximum Gasteiger partial charge on any atom is 0.260 e. The van der Waals surface area contributed by atoms with E-state index in [9.17, 15) is 4.79 Å². The Morgan fingerprint density at radius 2 is 2.00 bits per heavy atom. The maximum atomic E-state index is 12.3. The molecule has 5 nitrogen and oxygen atoms in total.